The van der Waals surface area contributed by atoms with Crippen LogP contribution in [0.25, 0.3) is 0 Å². The van der Waals surface area contributed by atoms with Crippen LogP contribution in [-0.4, -0.2) is 45.7 Å². The minimum Gasteiger partial charge on any atom is -0.368 e. The van der Waals surface area contributed by atoms with Gasteiger partial charge in [0, 0.05) is 50.6 Å². The van der Waals surface area contributed by atoms with Gasteiger partial charge >= 0.3 is 0 Å². The first-order valence-electron chi connectivity index (χ1n) is 9.79. The topological polar surface area (TPSA) is 84.9 Å². The maximum Gasteiger partial charge on any atom is 0.222 e. The summed E-state index contributed by atoms with van der Waals surface area (Å²) in [6, 6.07) is 0. The summed E-state index contributed by atoms with van der Waals surface area (Å²) in [4.78, 5) is 15.9. The summed E-state index contributed by atoms with van der Waals surface area (Å²) < 4.78 is 2.25. The lowest BCUT2D eigenvalue weighted by Crippen LogP contribution is -2.35. The molecule has 140 valence electrons. The summed E-state index contributed by atoms with van der Waals surface area (Å²) >= 11 is 0. The van der Waals surface area contributed by atoms with Gasteiger partial charge in [0.25, 0.3) is 0 Å². The van der Waals surface area contributed by atoms with Crippen molar-refractivity contribution in [2.45, 2.75) is 45.6 Å². The minimum absolute atomic E-state index is 0.415. The number of nitrogen functional groups attached to an aromatic ring is 1. The van der Waals surface area contributed by atoms with Crippen LogP contribution in [0.4, 0.5) is 11.8 Å². The molecule has 2 aromatic heterocycles. The second-order valence-electron chi connectivity index (χ2n) is 7.47. The van der Waals surface area contributed by atoms with E-state index in [4.69, 9.17) is 5.73 Å². The largest absolute Gasteiger partial charge is 0.368 e. The summed E-state index contributed by atoms with van der Waals surface area (Å²) in [5.41, 5.74) is 8.44. The number of imidazole rings is 1. The van der Waals surface area contributed by atoms with Crippen molar-refractivity contribution in [1.82, 2.24) is 24.8 Å². The lowest BCUT2D eigenvalue weighted by molar-refractivity contribution is 0.359. The van der Waals surface area contributed by atoms with E-state index in [1.807, 2.05) is 6.20 Å². The van der Waals surface area contributed by atoms with Gasteiger partial charge < -0.3 is 20.5 Å². The molecule has 0 atom stereocenters. The van der Waals surface area contributed by atoms with Gasteiger partial charge in [-0.3, -0.25) is 0 Å². The number of nitrogens with zero attached hydrogens (tertiary/aromatic N) is 5. The first-order chi connectivity index (χ1) is 12.7. The van der Waals surface area contributed by atoms with Crippen LogP contribution in [0, 0.1) is 12.8 Å². The van der Waals surface area contributed by atoms with E-state index in [0.29, 0.717) is 5.95 Å². The number of rotatable bonds is 4. The monoisotopic (exact) mass is 355 g/mol. The van der Waals surface area contributed by atoms with Crippen molar-refractivity contribution in [3.8, 4) is 0 Å². The Morgan fingerprint density at radius 3 is 2.77 bits per heavy atom. The lowest BCUT2D eigenvalue weighted by atomic mass is 9.93. The van der Waals surface area contributed by atoms with Gasteiger partial charge in [0.2, 0.25) is 5.95 Å². The Hall–Kier alpha value is -2.15. The maximum absolute atomic E-state index is 6.01. The molecule has 7 heteroatoms. The zero-order valence-corrected chi connectivity index (χ0v) is 15.6. The fraction of sp³-hybridized carbons (Fsp3) is 0.632. The number of aryl methyl sites for hydroxylation is 2. The average molecular weight is 355 g/mol. The van der Waals surface area contributed by atoms with E-state index in [1.54, 1.807) is 0 Å². The zero-order chi connectivity index (χ0) is 17.9. The molecule has 0 bridgehead atoms. The highest BCUT2D eigenvalue weighted by atomic mass is 15.2. The molecule has 4 rings (SSSR count). The summed E-state index contributed by atoms with van der Waals surface area (Å²) in [7, 11) is 0. The van der Waals surface area contributed by atoms with Gasteiger partial charge in [-0.2, -0.15) is 4.98 Å². The lowest BCUT2D eigenvalue weighted by Gasteiger charge is -2.34. The van der Waals surface area contributed by atoms with Gasteiger partial charge in [-0.1, -0.05) is 0 Å². The number of nitrogens with one attached hydrogen (secondary N) is 1. The Morgan fingerprint density at radius 1 is 1.19 bits per heavy atom. The fourth-order valence-electron chi connectivity index (χ4n) is 4.20. The molecule has 7 nitrogen and oxygen atoms in total. The molecule has 2 aliphatic heterocycles. The zero-order valence-electron chi connectivity index (χ0n) is 15.6. The highest BCUT2D eigenvalue weighted by Gasteiger charge is 2.25. The molecule has 0 unspecified atom stereocenters. The molecule has 1 saturated heterocycles. The third-order valence-electron chi connectivity index (χ3n) is 5.79. The SMILES string of the molecule is Cc1nccn1CCC1CCN(c2nc(N)nc3c2CCNCC3)CC1. The van der Waals surface area contributed by atoms with Crippen LogP contribution in [0.5, 0.6) is 0 Å². The first-order valence-corrected chi connectivity index (χ1v) is 9.79. The van der Waals surface area contributed by atoms with E-state index in [-0.39, 0.29) is 0 Å². The second kappa shape index (κ2) is 7.61. The number of aromatic nitrogens is 4. The van der Waals surface area contributed by atoms with Crippen LogP contribution in [-0.2, 0) is 19.4 Å². The molecular weight excluding hydrogens is 326 g/mol. The van der Waals surface area contributed by atoms with Gasteiger partial charge in [-0.05, 0) is 45.1 Å². The van der Waals surface area contributed by atoms with Gasteiger partial charge in [0.1, 0.15) is 11.6 Å². The van der Waals surface area contributed by atoms with Crippen molar-refractivity contribution in [1.29, 1.82) is 0 Å². The molecule has 26 heavy (non-hydrogen) atoms. The molecule has 0 spiro atoms. The molecule has 2 aliphatic rings. The van der Waals surface area contributed by atoms with Gasteiger partial charge in [0.15, 0.2) is 0 Å². The van der Waals surface area contributed by atoms with Crippen molar-refractivity contribution < 1.29 is 0 Å². The predicted molar refractivity (Wildman–Crippen MR) is 103 cm³/mol. The number of anilines is 2. The van der Waals surface area contributed by atoms with Crippen molar-refractivity contribution in [2.75, 3.05) is 36.8 Å². The second-order valence-corrected chi connectivity index (χ2v) is 7.47. The molecule has 0 radical (unpaired) electrons. The van der Waals surface area contributed by atoms with Crippen molar-refractivity contribution in [3.05, 3.63) is 29.5 Å². The first kappa shape index (κ1) is 17.3. The van der Waals surface area contributed by atoms with Crippen molar-refractivity contribution in [2.24, 2.45) is 5.92 Å². The predicted octanol–water partition coefficient (Wildman–Crippen LogP) is 1.56. The van der Waals surface area contributed by atoms with Crippen LogP contribution in [0.3, 0.4) is 0 Å². The van der Waals surface area contributed by atoms with E-state index in [9.17, 15) is 0 Å². The summed E-state index contributed by atoms with van der Waals surface area (Å²) in [6.45, 7) is 7.22. The van der Waals surface area contributed by atoms with Crippen LogP contribution >= 0.6 is 0 Å². The Bertz CT molecular complexity index is 746. The molecule has 0 aliphatic carbocycles. The van der Waals surface area contributed by atoms with Crippen LogP contribution in [0.1, 0.15) is 36.3 Å². The Balaban J connectivity index is 1.40. The molecule has 3 N–H and O–H groups in total. The van der Waals surface area contributed by atoms with Gasteiger partial charge in [-0.15, -0.1) is 0 Å². The Labute approximate surface area is 155 Å². The Morgan fingerprint density at radius 2 is 2.00 bits per heavy atom. The molecule has 4 heterocycles. The highest BCUT2D eigenvalue weighted by Crippen LogP contribution is 2.29. The normalized spacial score (nSPS) is 18.6. The van der Waals surface area contributed by atoms with Crippen LogP contribution in [0.15, 0.2) is 12.4 Å². The Kier molecular flexibility index (Phi) is 5.06. The quantitative estimate of drug-likeness (QED) is 0.866. The van der Waals surface area contributed by atoms with E-state index in [0.717, 1.165) is 68.8 Å². The number of fused-ring (bicyclic) bond motifs is 1. The summed E-state index contributed by atoms with van der Waals surface area (Å²) in [6.07, 6.45) is 9.55. The summed E-state index contributed by atoms with van der Waals surface area (Å²) in [5.74, 6) is 3.38. The van der Waals surface area contributed by atoms with Crippen molar-refractivity contribution >= 4 is 11.8 Å². The third kappa shape index (κ3) is 3.67. The van der Waals surface area contributed by atoms with E-state index >= 15 is 0 Å². The standard InChI is InChI=1S/C19H29N7/c1-14-22-9-13-25(14)10-4-15-5-11-26(12-6-15)18-16-2-7-21-8-3-17(16)23-19(20)24-18/h9,13,15,21H,2-8,10-12H2,1H3,(H2,20,23,24). The number of nitrogens with two attached hydrogens (primary N) is 1. The van der Waals surface area contributed by atoms with E-state index in [2.05, 4.69) is 42.9 Å². The molecular formula is C19H29N7. The van der Waals surface area contributed by atoms with Crippen molar-refractivity contribution in [3.63, 3.8) is 0 Å². The van der Waals surface area contributed by atoms with Gasteiger partial charge in [0.05, 0.1) is 5.69 Å². The molecule has 0 aromatic carbocycles. The third-order valence-corrected chi connectivity index (χ3v) is 5.79. The van der Waals surface area contributed by atoms with Crippen LogP contribution < -0.4 is 16.0 Å². The highest BCUT2D eigenvalue weighted by molar-refractivity contribution is 5.53. The average Bonchev–Trinajstić information content (AvgIpc) is 2.91. The summed E-state index contributed by atoms with van der Waals surface area (Å²) in [5, 5.41) is 3.45. The number of hydrogen-bond acceptors (Lipinski definition) is 6. The maximum atomic E-state index is 6.01. The fourth-order valence-corrected chi connectivity index (χ4v) is 4.20. The minimum atomic E-state index is 0.415. The number of piperidine rings is 1. The van der Waals surface area contributed by atoms with E-state index < -0.39 is 0 Å². The van der Waals surface area contributed by atoms with Gasteiger partial charge in [-0.25, -0.2) is 9.97 Å². The number of hydrogen-bond donors (Lipinski definition) is 2. The molecule has 2 aromatic rings. The molecule has 1 fully saturated rings. The molecule has 0 amide bonds. The molecule has 0 saturated carbocycles. The smallest absolute Gasteiger partial charge is 0.222 e. The van der Waals surface area contributed by atoms with E-state index in [1.165, 1.54) is 24.8 Å². The van der Waals surface area contributed by atoms with Crippen LogP contribution in [0.2, 0.25) is 0 Å².